The van der Waals surface area contributed by atoms with Gasteiger partial charge >= 0.3 is 0 Å². The highest BCUT2D eigenvalue weighted by molar-refractivity contribution is 5.30. The van der Waals surface area contributed by atoms with Crippen molar-refractivity contribution in [1.82, 2.24) is 0 Å². The van der Waals surface area contributed by atoms with Crippen LogP contribution in [0.2, 0.25) is 0 Å². The van der Waals surface area contributed by atoms with Crippen LogP contribution in [0.15, 0.2) is 24.3 Å². The van der Waals surface area contributed by atoms with Crippen molar-refractivity contribution in [2.75, 3.05) is 7.11 Å². The summed E-state index contributed by atoms with van der Waals surface area (Å²) in [4.78, 5) is 0. The molecule has 0 bridgehead atoms. The average Bonchev–Trinajstić information content (AvgIpc) is 2.47. The lowest BCUT2D eigenvalue weighted by atomic mass is 9.77. The van der Waals surface area contributed by atoms with Gasteiger partial charge in [0.2, 0.25) is 0 Å². The Hall–Kier alpha value is -1.06. The summed E-state index contributed by atoms with van der Waals surface area (Å²) >= 11 is 0. The number of hydrogen-bond donors (Lipinski definition) is 1. The predicted octanol–water partition coefficient (Wildman–Crippen LogP) is 3.82. The van der Waals surface area contributed by atoms with Crippen molar-refractivity contribution in [2.24, 2.45) is 5.73 Å². The number of nitrogens with two attached hydrogens (primary N) is 1. The van der Waals surface area contributed by atoms with Gasteiger partial charge < -0.3 is 15.2 Å². The molecule has 0 spiro atoms. The zero-order valence-electron chi connectivity index (χ0n) is 12.9. The van der Waals surface area contributed by atoms with E-state index in [-0.39, 0.29) is 17.7 Å². The van der Waals surface area contributed by atoms with Crippen LogP contribution in [0.5, 0.6) is 5.75 Å². The molecule has 1 unspecified atom stereocenters. The van der Waals surface area contributed by atoms with Gasteiger partial charge in [0.1, 0.15) is 5.75 Å². The smallest absolute Gasteiger partial charge is 0.119 e. The Bertz CT molecular complexity index is 408. The van der Waals surface area contributed by atoms with E-state index >= 15 is 0 Å². The van der Waals surface area contributed by atoms with E-state index in [0.29, 0.717) is 0 Å². The lowest BCUT2D eigenvalue weighted by molar-refractivity contribution is -0.0595. The van der Waals surface area contributed by atoms with E-state index in [1.54, 1.807) is 7.11 Å². The Morgan fingerprint density at radius 3 is 2.15 bits per heavy atom. The molecule has 0 aliphatic heterocycles. The van der Waals surface area contributed by atoms with Crippen LogP contribution in [0.25, 0.3) is 0 Å². The molecular formula is C17H27NO2. The zero-order valence-corrected chi connectivity index (χ0v) is 12.9. The van der Waals surface area contributed by atoms with Gasteiger partial charge in [0.25, 0.3) is 0 Å². The molecule has 2 N–H and O–H groups in total. The summed E-state index contributed by atoms with van der Waals surface area (Å²) in [6.45, 7) is 4.06. The van der Waals surface area contributed by atoms with Gasteiger partial charge in [0, 0.05) is 7.11 Å². The van der Waals surface area contributed by atoms with E-state index < -0.39 is 0 Å². The average molecular weight is 277 g/mol. The minimum Gasteiger partial charge on any atom is -0.491 e. The minimum absolute atomic E-state index is 0.0686. The topological polar surface area (TPSA) is 44.5 Å². The second-order valence-corrected chi connectivity index (χ2v) is 6.04. The van der Waals surface area contributed by atoms with Crippen molar-refractivity contribution in [2.45, 2.75) is 63.7 Å². The molecule has 20 heavy (non-hydrogen) atoms. The summed E-state index contributed by atoms with van der Waals surface area (Å²) in [5, 5.41) is 0. The first kappa shape index (κ1) is 15.3. The van der Waals surface area contributed by atoms with E-state index in [2.05, 4.69) is 12.1 Å². The van der Waals surface area contributed by atoms with Gasteiger partial charge in [-0.15, -0.1) is 0 Å². The molecule has 0 heterocycles. The minimum atomic E-state index is -0.196. The first-order valence-electron chi connectivity index (χ1n) is 7.65. The van der Waals surface area contributed by atoms with Gasteiger partial charge in [0.05, 0.1) is 17.7 Å². The van der Waals surface area contributed by atoms with Crippen LogP contribution in [-0.4, -0.2) is 18.8 Å². The van der Waals surface area contributed by atoms with Crippen molar-refractivity contribution in [3.05, 3.63) is 29.8 Å². The van der Waals surface area contributed by atoms with Crippen molar-refractivity contribution in [3.63, 3.8) is 0 Å². The molecule has 3 nitrogen and oxygen atoms in total. The number of methoxy groups -OCH3 is 1. The Labute approximate surface area is 122 Å². The molecule has 112 valence electrons. The molecule has 0 aromatic heterocycles. The Morgan fingerprint density at radius 2 is 1.65 bits per heavy atom. The largest absolute Gasteiger partial charge is 0.491 e. The van der Waals surface area contributed by atoms with Crippen molar-refractivity contribution >= 4 is 0 Å². The molecule has 1 aliphatic carbocycles. The summed E-state index contributed by atoms with van der Waals surface area (Å²) in [5.41, 5.74) is 7.43. The van der Waals surface area contributed by atoms with Gasteiger partial charge in [-0.1, -0.05) is 31.4 Å². The van der Waals surface area contributed by atoms with Crippen LogP contribution in [0.3, 0.4) is 0 Å². The maximum Gasteiger partial charge on any atom is 0.119 e. The standard InChI is InChI=1S/C17H27NO2/c1-13(2)20-15-9-7-14(8-10-15)16(18)17(19-3)11-5-4-6-12-17/h7-10,13,16H,4-6,11-12,18H2,1-3H3. The predicted molar refractivity (Wildman–Crippen MR) is 82.0 cm³/mol. The molecule has 1 aliphatic rings. The third-order valence-corrected chi connectivity index (χ3v) is 4.28. The van der Waals surface area contributed by atoms with Crippen LogP contribution in [0.1, 0.15) is 57.6 Å². The number of benzene rings is 1. The summed E-state index contributed by atoms with van der Waals surface area (Å²) < 4.78 is 11.5. The Balaban J connectivity index is 2.13. The highest BCUT2D eigenvalue weighted by atomic mass is 16.5. The molecule has 0 radical (unpaired) electrons. The van der Waals surface area contributed by atoms with E-state index in [4.69, 9.17) is 15.2 Å². The van der Waals surface area contributed by atoms with Crippen LogP contribution in [0, 0.1) is 0 Å². The molecule has 1 aromatic rings. The van der Waals surface area contributed by atoms with Crippen LogP contribution in [-0.2, 0) is 4.74 Å². The molecule has 0 saturated heterocycles. The zero-order chi connectivity index (χ0) is 14.6. The lowest BCUT2D eigenvalue weighted by Gasteiger charge is -2.41. The second-order valence-electron chi connectivity index (χ2n) is 6.04. The maximum atomic E-state index is 6.50. The van der Waals surface area contributed by atoms with Gasteiger partial charge in [-0.3, -0.25) is 0 Å². The highest BCUT2D eigenvalue weighted by Gasteiger charge is 2.38. The van der Waals surface area contributed by atoms with Gasteiger partial charge in [-0.25, -0.2) is 0 Å². The third-order valence-electron chi connectivity index (χ3n) is 4.28. The number of ether oxygens (including phenoxy) is 2. The fraction of sp³-hybridized carbons (Fsp3) is 0.647. The summed E-state index contributed by atoms with van der Waals surface area (Å²) in [6, 6.07) is 8.07. The summed E-state index contributed by atoms with van der Waals surface area (Å²) in [5.74, 6) is 0.895. The first-order valence-corrected chi connectivity index (χ1v) is 7.65. The fourth-order valence-electron chi connectivity index (χ4n) is 3.12. The number of hydrogen-bond acceptors (Lipinski definition) is 3. The van der Waals surface area contributed by atoms with Gasteiger partial charge in [0.15, 0.2) is 0 Å². The molecule has 2 rings (SSSR count). The third kappa shape index (κ3) is 3.33. The second kappa shape index (κ2) is 6.59. The fourth-order valence-corrected chi connectivity index (χ4v) is 3.12. The molecule has 1 aromatic carbocycles. The van der Waals surface area contributed by atoms with Crippen LogP contribution >= 0.6 is 0 Å². The lowest BCUT2D eigenvalue weighted by Crippen LogP contribution is -2.44. The van der Waals surface area contributed by atoms with Gasteiger partial charge in [-0.2, -0.15) is 0 Å². The molecule has 0 amide bonds. The first-order chi connectivity index (χ1) is 9.57. The number of rotatable bonds is 5. The van der Waals surface area contributed by atoms with Crippen LogP contribution < -0.4 is 10.5 Å². The van der Waals surface area contributed by atoms with Crippen LogP contribution in [0.4, 0.5) is 0 Å². The van der Waals surface area contributed by atoms with E-state index in [0.717, 1.165) is 24.2 Å². The normalized spacial score (nSPS) is 19.9. The van der Waals surface area contributed by atoms with E-state index in [1.807, 2.05) is 26.0 Å². The van der Waals surface area contributed by atoms with Gasteiger partial charge in [-0.05, 0) is 44.4 Å². The monoisotopic (exact) mass is 277 g/mol. The Morgan fingerprint density at radius 1 is 1.05 bits per heavy atom. The van der Waals surface area contributed by atoms with Crippen molar-refractivity contribution < 1.29 is 9.47 Å². The molecule has 1 atom stereocenters. The summed E-state index contributed by atoms with van der Waals surface area (Å²) in [6.07, 6.45) is 5.99. The van der Waals surface area contributed by atoms with Crippen molar-refractivity contribution in [3.8, 4) is 5.75 Å². The molecular weight excluding hydrogens is 250 g/mol. The quantitative estimate of drug-likeness (QED) is 0.889. The molecule has 1 saturated carbocycles. The molecule has 1 fully saturated rings. The van der Waals surface area contributed by atoms with E-state index in [1.165, 1.54) is 19.3 Å². The van der Waals surface area contributed by atoms with E-state index in [9.17, 15) is 0 Å². The highest BCUT2D eigenvalue weighted by Crippen LogP contribution is 2.40. The Kier molecular flexibility index (Phi) is 5.06. The summed E-state index contributed by atoms with van der Waals surface area (Å²) in [7, 11) is 1.79. The maximum absolute atomic E-state index is 6.50. The molecule has 3 heteroatoms. The van der Waals surface area contributed by atoms with Crippen molar-refractivity contribution in [1.29, 1.82) is 0 Å². The SMILES string of the molecule is COC1(C(N)c2ccc(OC(C)C)cc2)CCCCC1.